The predicted octanol–water partition coefficient (Wildman–Crippen LogP) is 2.02. The van der Waals surface area contributed by atoms with Gasteiger partial charge in [-0.15, -0.1) is 0 Å². The Morgan fingerprint density at radius 2 is 2.06 bits per heavy atom. The van der Waals surface area contributed by atoms with Crippen LogP contribution in [0.2, 0.25) is 0 Å². The van der Waals surface area contributed by atoms with E-state index in [1.54, 1.807) is 6.92 Å². The molecular weight excluding hydrogens is 233 g/mol. The Morgan fingerprint density at radius 3 is 2.61 bits per heavy atom. The number of halogens is 1. The summed E-state index contributed by atoms with van der Waals surface area (Å²) < 4.78 is 12.9. The number of amides is 1. The molecule has 1 amide bonds. The number of nitrogens with zero attached hydrogens (tertiary/aromatic N) is 1. The summed E-state index contributed by atoms with van der Waals surface area (Å²) in [5.41, 5.74) is 0.629. The van der Waals surface area contributed by atoms with Gasteiger partial charge in [0.2, 0.25) is 5.91 Å². The van der Waals surface area contributed by atoms with Gasteiger partial charge < -0.3 is 10.6 Å². The second kappa shape index (κ2) is 6.01. The van der Waals surface area contributed by atoms with Gasteiger partial charge in [-0.05, 0) is 39.0 Å². The van der Waals surface area contributed by atoms with Crippen molar-refractivity contribution in [2.75, 3.05) is 5.32 Å². The van der Waals surface area contributed by atoms with E-state index in [9.17, 15) is 9.18 Å². The fourth-order valence-corrected chi connectivity index (χ4v) is 1.44. The van der Waals surface area contributed by atoms with Crippen LogP contribution in [-0.4, -0.2) is 18.0 Å². The first kappa shape index (κ1) is 14.0. The molecule has 18 heavy (non-hydrogen) atoms. The molecule has 0 radical (unpaired) electrons. The number of nitriles is 1. The monoisotopic (exact) mass is 249 g/mol. The first-order chi connectivity index (χ1) is 8.43. The van der Waals surface area contributed by atoms with Crippen molar-refractivity contribution in [1.82, 2.24) is 5.32 Å². The van der Waals surface area contributed by atoms with Crippen molar-refractivity contribution in [3.8, 4) is 6.07 Å². The molecule has 1 atom stereocenters. The fourth-order valence-electron chi connectivity index (χ4n) is 1.44. The second-order valence-corrected chi connectivity index (χ2v) is 4.33. The molecule has 1 unspecified atom stereocenters. The van der Waals surface area contributed by atoms with Gasteiger partial charge in [0, 0.05) is 6.04 Å². The Balaban J connectivity index is 2.79. The molecule has 0 bridgehead atoms. The zero-order valence-electron chi connectivity index (χ0n) is 10.6. The highest BCUT2D eigenvalue weighted by Crippen LogP contribution is 2.16. The van der Waals surface area contributed by atoms with E-state index in [1.165, 1.54) is 12.1 Å². The van der Waals surface area contributed by atoms with E-state index in [0.717, 1.165) is 6.07 Å². The van der Waals surface area contributed by atoms with Crippen LogP contribution in [0.3, 0.4) is 0 Å². The molecule has 96 valence electrons. The van der Waals surface area contributed by atoms with Crippen molar-refractivity contribution >= 4 is 11.6 Å². The van der Waals surface area contributed by atoms with Crippen LogP contribution < -0.4 is 10.6 Å². The maximum absolute atomic E-state index is 12.9. The summed E-state index contributed by atoms with van der Waals surface area (Å²) in [4.78, 5) is 11.7. The summed E-state index contributed by atoms with van der Waals surface area (Å²) in [6.07, 6.45) is 0. The zero-order valence-corrected chi connectivity index (χ0v) is 10.6. The van der Waals surface area contributed by atoms with Gasteiger partial charge in [-0.2, -0.15) is 5.26 Å². The lowest BCUT2D eigenvalue weighted by molar-refractivity contribution is -0.122. The SMILES string of the molecule is CC(C)NC(=O)C(C)Nc1ccc(F)cc1C#N. The summed E-state index contributed by atoms with van der Waals surface area (Å²) in [5.74, 6) is -0.644. The minimum absolute atomic E-state index is 0.0467. The van der Waals surface area contributed by atoms with Gasteiger partial charge >= 0.3 is 0 Å². The average molecular weight is 249 g/mol. The highest BCUT2D eigenvalue weighted by molar-refractivity contribution is 5.84. The Labute approximate surface area is 106 Å². The smallest absolute Gasteiger partial charge is 0.242 e. The van der Waals surface area contributed by atoms with Crippen LogP contribution in [0, 0.1) is 17.1 Å². The van der Waals surface area contributed by atoms with Crippen LogP contribution >= 0.6 is 0 Å². The fraction of sp³-hybridized carbons (Fsp3) is 0.385. The highest BCUT2D eigenvalue weighted by Gasteiger charge is 2.15. The Hall–Kier alpha value is -2.09. The zero-order chi connectivity index (χ0) is 13.7. The third-order valence-corrected chi connectivity index (χ3v) is 2.30. The molecule has 1 aromatic rings. The Morgan fingerprint density at radius 1 is 1.39 bits per heavy atom. The molecular formula is C13H16FN3O. The second-order valence-electron chi connectivity index (χ2n) is 4.33. The number of rotatable bonds is 4. The molecule has 0 saturated heterocycles. The third-order valence-electron chi connectivity index (χ3n) is 2.30. The normalized spacial score (nSPS) is 11.8. The minimum Gasteiger partial charge on any atom is -0.373 e. The van der Waals surface area contributed by atoms with Gasteiger partial charge in [0.25, 0.3) is 0 Å². The van der Waals surface area contributed by atoms with Gasteiger partial charge in [-0.25, -0.2) is 4.39 Å². The molecule has 2 N–H and O–H groups in total. The van der Waals surface area contributed by atoms with E-state index < -0.39 is 11.9 Å². The molecule has 1 rings (SSSR count). The largest absolute Gasteiger partial charge is 0.373 e. The summed E-state index contributed by atoms with van der Waals surface area (Å²) >= 11 is 0. The van der Waals surface area contributed by atoms with Crippen molar-refractivity contribution in [3.63, 3.8) is 0 Å². The molecule has 0 spiro atoms. The lowest BCUT2D eigenvalue weighted by Gasteiger charge is -2.17. The Bertz CT molecular complexity index is 480. The molecule has 0 aliphatic heterocycles. The highest BCUT2D eigenvalue weighted by atomic mass is 19.1. The van der Waals surface area contributed by atoms with E-state index in [-0.39, 0.29) is 17.5 Å². The lowest BCUT2D eigenvalue weighted by atomic mass is 10.1. The van der Waals surface area contributed by atoms with Crippen LogP contribution in [0.5, 0.6) is 0 Å². The molecule has 1 aromatic carbocycles. The summed E-state index contributed by atoms with van der Waals surface area (Å²) in [6, 6.07) is 5.27. The van der Waals surface area contributed by atoms with Crippen LogP contribution in [-0.2, 0) is 4.79 Å². The first-order valence-electron chi connectivity index (χ1n) is 5.70. The molecule has 0 aliphatic rings. The van der Waals surface area contributed by atoms with E-state index in [1.807, 2.05) is 19.9 Å². The summed E-state index contributed by atoms with van der Waals surface area (Å²) in [5, 5.41) is 14.5. The van der Waals surface area contributed by atoms with Gasteiger partial charge in [-0.1, -0.05) is 0 Å². The maximum Gasteiger partial charge on any atom is 0.242 e. The summed E-state index contributed by atoms with van der Waals surface area (Å²) in [6.45, 7) is 5.41. The molecule has 0 heterocycles. The molecule has 0 fully saturated rings. The molecule has 5 heteroatoms. The number of anilines is 1. The van der Waals surface area contributed by atoms with Gasteiger partial charge in [-0.3, -0.25) is 4.79 Å². The average Bonchev–Trinajstić information content (AvgIpc) is 2.30. The number of hydrogen-bond acceptors (Lipinski definition) is 3. The molecule has 0 saturated carbocycles. The van der Waals surface area contributed by atoms with E-state index >= 15 is 0 Å². The predicted molar refractivity (Wildman–Crippen MR) is 67.5 cm³/mol. The summed E-state index contributed by atoms with van der Waals surface area (Å²) in [7, 11) is 0. The van der Waals surface area contributed by atoms with Gasteiger partial charge in [0.1, 0.15) is 17.9 Å². The number of nitrogens with one attached hydrogen (secondary N) is 2. The van der Waals surface area contributed by atoms with E-state index in [4.69, 9.17) is 5.26 Å². The molecule has 4 nitrogen and oxygen atoms in total. The van der Waals surface area contributed by atoms with Crippen molar-refractivity contribution in [3.05, 3.63) is 29.6 Å². The molecule has 0 aliphatic carbocycles. The minimum atomic E-state index is -0.495. The standard InChI is InChI=1S/C13H16FN3O/c1-8(2)16-13(18)9(3)17-12-5-4-11(14)6-10(12)7-15/h4-6,8-9,17H,1-3H3,(H,16,18). The Kier molecular flexibility index (Phi) is 4.67. The lowest BCUT2D eigenvalue weighted by Crippen LogP contribution is -2.41. The topological polar surface area (TPSA) is 64.9 Å². The van der Waals surface area contributed by atoms with E-state index in [2.05, 4.69) is 10.6 Å². The first-order valence-corrected chi connectivity index (χ1v) is 5.70. The van der Waals surface area contributed by atoms with Crippen LogP contribution in [0.25, 0.3) is 0 Å². The number of carbonyl (C=O) groups excluding carboxylic acids is 1. The van der Waals surface area contributed by atoms with Crippen molar-refractivity contribution in [2.45, 2.75) is 32.9 Å². The van der Waals surface area contributed by atoms with Gasteiger partial charge in [0.05, 0.1) is 11.3 Å². The number of benzene rings is 1. The van der Waals surface area contributed by atoms with Crippen molar-refractivity contribution in [1.29, 1.82) is 5.26 Å². The third kappa shape index (κ3) is 3.74. The van der Waals surface area contributed by atoms with Crippen molar-refractivity contribution in [2.24, 2.45) is 0 Å². The maximum atomic E-state index is 12.9. The number of carbonyl (C=O) groups is 1. The molecule has 0 aromatic heterocycles. The van der Waals surface area contributed by atoms with Crippen LogP contribution in [0.15, 0.2) is 18.2 Å². The number of hydrogen-bond donors (Lipinski definition) is 2. The van der Waals surface area contributed by atoms with Gasteiger partial charge in [0.15, 0.2) is 0 Å². The quantitative estimate of drug-likeness (QED) is 0.858. The van der Waals surface area contributed by atoms with Crippen LogP contribution in [0.4, 0.5) is 10.1 Å². The van der Waals surface area contributed by atoms with E-state index in [0.29, 0.717) is 5.69 Å². The van der Waals surface area contributed by atoms with Crippen LogP contribution in [0.1, 0.15) is 26.3 Å². The van der Waals surface area contributed by atoms with Crippen molar-refractivity contribution < 1.29 is 9.18 Å².